The van der Waals surface area contributed by atoms with E-state index in [1.165, 1.54) is 22.0 Å². The molecule has 2 aromatic carbocycles. The predicted molar refractivity (Wildman–Crippen MR) is 95.7 cm³/mol. The van der Waals surface area contributed by atoms with Crippen LogP contribution in [-0.2, 0) is 13.2 Å². The lowest BCUT2D eigenvalue weighted by molar-refractivity contribution is 0.296. The van der Waals surface area contributed by atoms with Crippen LogP contribution >= 0.6 is 0 Å². The molecule has 0 radical (unpaired) electrons. The highest BCUT2D eigenvalue weighted by molar-refractivity contribution is 5.84. The van der Waals surface area contributed by atoms with E-state index in [1.807, 2.05) is 24.3 Å². The molecule has 3 nitrogen and oxygen atoms in total. The van der Waals surface area contributed by atoms with Gasteiger partial charge in [0.25, 0.3) is 0 Å². The second kappa shape index (κ2) is 7.34. The van der Waals surface area contributed by atoms with Gasteiger partial charge in [-0.25, -0.2) is 0 Å². The number of fused-ring (bicyclic) bond motifs is 1. The number of nitrogens with zero attached hydrogens (tertiary/aromatic N) is 1. The van der Waals surface area contributed by atoms with Crippen molar-refractivity contribution in [3.63, 3.8) is 0 Å². The summed E-state index contributed by atoms with van der Waals surface area (Å²) in [6, 6.07) is 16.5. The monoisotopic (exact) mass is 310 g/mol. The molecule has 0 spiro atoms. The second-order valence-electron chi connectivity index (χ2n) is 5.76. The standard InChI is InChI=1S/C20H24N2O/c1-3-22(4-2)14-17-13-21-20-11-10-18(12-19(17)20)23-15-16-8-6-5-7-9-16/h5-13,21H,3-4,14-15H2,1-2H3/i13+1,14+1. The molecule has 3 heteroatoms. The molecule has 1 aromatic heterocycles. The van der Waals surface area contributed by atoms with Crippen molar-refractivity contribution in [1.29, 1.82) is 0 Å². The Labute approximate surface area is 137 Å². The highest BCUT2D eigenvalue weighted by atomic mass is 16.5. The van der Waals surface area contributed by atoms with E-state index in [1.54, 1.807) is 0 Å². The van der Waals surface area contributed by atoms with E-state index >= 15 is 0 Å². The van der Waals surface area contributed by atoms with Gasteiger partial charge in [0.2, 0.25) is 0 Å². The largest absolute Gasteiger partial charge is 0.489 e. The van der Waals surface area contributed by atoms with Gasteiger partial charge in [0.1, 0.15) is 12.4 Å². The fourth-order valence-corrected chi connectivity index (χ4v) is 2.81. The van der Waals surface area contributed by atoms with E-state index in [0.29, 0.717) is 6.61 Å². The van der Waals surface area contributed by atoms with E-state index in [0.717, 1.165) is 25.4 Å². The van der Waals surface area contributed by atoms with Crippen LogP contribution < -0.4 is 4.74 Å². The maximum atomic E-state index is 5.95. The average molecular weight is 310 g/mol. The molecule has 1 N–H and O–H groups in total. The van der Waals surface area contributed by atoms with Crippen molar-refractivity contribution in [3.05, 3.63) is 65.9 Å². The molecule has 0 saturated heterocycles. The van der Waals surface area contributed by atoms with Crippen molar-refractivity contribution in [3.8, 4) is 5.75 Å². The van der Waals surface area contributed by atoms with E-state index in [-0.39, 0.29) is 0 Å². The normalized spacial score (nSPS) is 11.3. The lowest BCUT2D eigenvalue weighted by Gasteiger charge is -2.17. The molecule has 3 rings (SSSR count). The van der Waals surface area contributed by atoms with Crippen LogP contribution in [0.4, 0.5) is 0 Å². The molecule has 3 aromatic rings. The lowest BCUT2D eigenvalue weighted by atomic mass is 10.2. The minimum absolute atomic E-state index is 0.599. The van der Waals surface area contributed by atoms with Crippen LogP contribution in [0.1, 0.15) is 25.0 Å². The Balaban J connectivity index is 1.77. The minimum atomic E-state index is 0.599. The first kappa shape index (κ1) is 15.6. The fraction of sp³-hybridized carbons (Fsp3) is 0.300. The molecule has 23 heavy (non-hydrogen) atoms. The SMILES string of the molecule is CCN(CC)[13CH2]c1[13cH][nH]c2ccc(OCc3ccccc3)cc12. The Morgan fingerprint density at radius 2 is 1.78 bits per heavy atom. The lowest BCUT2D eigenvalue weighted by Crippen LogP contribution is -2.21. The average Bonchev–Trinajstić information content (AvgIpc) is 3.01. The highest BCUT2D eigenvalue weighted by Gasteiger charge is 2.08. The number of benzene rings is 2. The van der Waals surface area contributed by atoms with Crippen molar-refractivity contribution >= 4 is 10.9 Å². The maximum Gasteiger partial charge on any atom is 0.120 e. The van der Waals surface area contributed by atoms with Crippen LogP contribution in [0, 0.1) is 0 Å². The Hall–Kier alpha value is -2.26. The molecule has 0 bridgehead atoms. The van der Waals surface area contributed by atoms with Crippen LogP contribution in [0.3, 0.4) is 0 Å². The molecule has 0 unspecified atom stereocenters. The number of ether oxygens (including phenoxy) is 1. The summed E-state index contributed by atoms with van der Waals surface area (Å²) in [5.74, 6) is 0.918. The van der Waals surface area contributed by atoms with Crippen molar-refractivity contribution in [2.24, 2.45) is 0 Å². The Morgan fingerprint density at radius 1 is 1.00 bits per heavy atom. The molecule has 0 amide bonds. The summed E-state index contributed by atoms with van der Waals surface area (Å²) in [6.07, 6.45) is 2.12. The first-order valence-corrected chi connectivity index (χ1v) is 8.29. The summed E-state index contributed by atoms with van der Waals surface area (Å²) >= 11 is 0. The zero-order chi connectivity index (χ0) is 16.1. The molecule has 0 fully saturated rings. The predicted octanol–water partition coefficient (Wildman–Crippen LogP) is 4.59. The number of nitrogens with one attached hydrogen (secondary N) is 1. The topological polar surface area (TPSA) is 28.3 Å². The summed E-state index contributed by atoms with van der Waals surface area (Å²) < 4.78 is 5.95. The summed E-state index contributed by atoms with van der Waals surface area (Å²) in [7, 11) is 0. The first-order valence-electron chi connectivity index (χ1n) is 8.29. The van der Waals surface area contributed by atoms with Gasteiger partial charge in [0.15, 0.2) is 0 Å². The van der Waals surface area contributed by atoms with Gasteiger partial charge in [-0.15, -0.1) is 0 Å². The van der Waals surface area contributed by atoms with Gasteiger partial charge in [0.05, 0.1) is 0 Å². The van der Waals surface area contributed by atoms with Gasteiger partial charge in [-0.3, -0.25) is 4.90 Å². The van der Waals surface area contributed by atoms with Gasteiger partial charge in [0, 0.05) is 23.6 Å². The number of hydrogen-bond acceptors (Lipinski definition) is 2. The highest BCUT2D eigenvalue weighted by Crippen LogP contribution is 2.25. The summed E-state index contributed by atoms with van der Waals surface area (Å²) in [5.41, 5.74) is 3.68. The zero-order valence-electron chi connectivity index (χ0n) is 13.9. The van der Waals surface area contributed by atoms with Gasteiger partial charge in [-0.1, -0.05) is 44.2 Å². The second-order valence-corrected chi connectivity index (χ2v) is 5.76. The summed E-state index contributed by atoms with van der Waals surface area (Å²) in [6.45, 7) is 8.09. The fourth-order valence-electron chi connectivity index (χ4n) is 2.81. The van der Waals surface area contributed by atoms with Crippen molar-refractivity contribution in [1.82, 2.24) is 9.88 Å². The van der Waals surface area contributed by atoms with Crippen molar-refractivity contribution in [2.75, 3.05) is 13.1 Å². The van der Waals surface area contributed by atoms with Gasteiger partial charge >= 0.3 is 0 Å². The van der Waals surface area contributed by atoms with Gasteiger partial charge in [-0.2, -0.15) is 0 Å². The summed E-state index contributed by atoms with van der Waals surface area (Å²) in [5, 5.41) is 1.25. The van der Waals surface area contributed by atoms with Crippen LogP contribution in [0.5, 0.6) is 5.75 Å². The Bertz CT molecular complexity index is 745. The number of hydrogen-bond donors (Lipinski definition) is 1. The van der Waals surface area contributed by atoms with Gasteiger partial charge < -0.3 is 9.72 Å². The van der Waals surface area contributed by atoms with E-state index < -0.39 is 0 Å². The number of H-pyrrole nitrogens is 1. The maximum absolute atomic E-state index is 5.95. The molecular weight excluding hydrogens is 286 g/mol. The quantitative estimate of drug-likeness (QED) is 0.647. The first-order chi connectivity index (χ1) is 11.3. The smallest absolute Gasteiger partial charge is 0.120 e. The Morgan fingerprint density at radius 3 is 2.52 bits per heavy atom. The van der Waals surface area contributed by atoms with Crippen LogP contribution in [0.15, 0.2) is 54.7 Å². The molecule has 0 saturated carbocycles. The van der Waals surface area contributed by atoms with Crippen LogP contribution in [0.2, 0.25) is 0 Å². The third-order valence-electron chi connectivity index (χ3n) is 4.28. The summed E-state index contributed by atoms with van der Waals surface area (Å²) in [4.78, 5) is 5.78. The van der Waals surface area contributed by atoms with Crippen molar-refractivity contribution in [2.45, 2.75) is 27.0 Å². The Kier molecular flexibility index (Phi) is 4.99. The van der Waals surface area contributed by atoms with Crippen LogP contribution in [-0.4, -0.2) is 23.0 Å². The van der Waals surface area contributed by atoms with E-state index in [4.69, 9.17) is 4.74 Å². The van der Waals surface area contributed by atoms with Crippen LogP contribution in [0.25, 0.3) is 10.9 Å². The molecule has 0 aliphatic carbocycles. The van der Waals surface area contributed by atoms with E-state index in [9.17, 15) is 0 Å². The number of aromatic amines is 1. The molecule has 120 valence electrons. The minimum Gasteiger partial charge on any atom is -0.489 e. The molecule has 0 aliphatic heterocycles. The van der Waals surface area contributed by atoms with Gasteiger partial charge in [-0.05, 0) is 42.4 Å². The number of aromatic nitrogens is 1. The molecular formula is C20H24N2O. The third kappa shape index (κ3) is 3.74. The third-order valence-corrected chi connectivity index (χ3v) is 4.28. The molecule has 1 heterocycles. The molecule has 0 atom stereocenters. The molecule has 0 aliphatic rings. The zero-order valence-corrected chi connectivity index (χ0v) is 13.9. The van der Waals surface area contributed by atoms with E-state index in [2.05, 4.69) is 54.2 Å². The van der Waals surface area contributed by atoms with Crippen molar-refractivity contribution < 1.29 is 4.74 Å². The number of rotatable bonds is 7.